The van der Waals surface area contributed by atoms with Gasteiger partial charge in [-0.3, -0.25) is 0 Å². The molecule has 1 atom stereocenters. The van der Waals surface area contributed by atoms with Crippen LogP contribution in [-0.2, 0) is 0 Å². The summed E-state index contributed by atoms with van der Waals surface area (Å²) in [6, 6.07) is 0.848. The third-order valence-corrected chi connectivity index (χ3v) is 4.80. The third-order valence-electron chi connectivity index (χ3n) is 4.80. The van der Waals surface area contributed by atoms with E-state index in [1.165, 1.54) is 64.2 Å². The van der Waals surface area contributed by atoms with E-state index < -0.39 is 0 Å². The van der Waals surface area contributed by atoms with Crippen molar-refractivity contribution < 1.29 is 0 Å². The van der Waals surface area contributed by atoms with Gasteiger partial charge in [0, 0.05) is 6.04 Å². The quantitative estimate of drug-likeness (QED) is 0.714. The van der Waals surface area contributed by atoms with Gasteiger partial charge in [0.2, 0.25) is 0 Å². The molecule has 0 aromatic heterocycles. The van der Waals surface area contributed by atoms with Crippen molar-refractivity contribution in [3.63, 3.8) is 0 Å². The van der Waals surface area contributed by atoms with Crippen molar-refractivity contribution in [2.75, 3.05) is 6.54 Å². The Labute approximate surface area is 101 Å². The molecule has 1 unspecified atom stereocenters. The molecule has 2 rings (SSSR count). The SMILES string of the molecule is CCNC(CCC1CCCCC1)C1CCC1. The summed E-state index contributed by atoms with van der Waals surface area (Å²) < 4.78 is 0. The lowest BCUT2D eigenvalue weighted by Gasteiger charge is -2.35. The second-order valence-electron chi connectivity index (χ2n) is 5.94. The van der Waals surface area contributed by atoms with Gasteiger partial charge in [-0.05, 0) is 44.1 Å². The minimum Gasteiger partial charge on any atom is -0.314 e. The standard InChI is InChI=1S/C15H29N/c1-2-16-15(14-9-6-10-14)12-11-13-7-4-3-5-8-13/h13-16H,2-12H2,1H3. The van der Waals surface area contributed by atoms with E-state index >= 15 is 0 Å². The van der Waals surface area contributed by atoms with Crippen LogP contribution in [0.5, 0.6) is 0 Å². The molecule has 1 N–H and O–H groups in total. The molecule has 0 aromatic rings. The van der Waals surface area contributed by atoms with Gasteiger partial charge in [0.1, 0.15) is 0 Å². The molecular weight excluding hydrogens is 194 g/mol. The molecule has 2 aliphatic rings. The Kier molecular flexibility index (Phi) is 5.15. The molecule has 0 aromatic carbocycles. The zero-order valence-corrected chi connectivity index (χ0v) is 11.0. The van der Waals surface area contributed by atoms with Gasteiger partial charge in [0.15, 0.2) is 0 Å². The molecule has 0 aliphatic heterocycles. The maximum absolute atomic E-state index is 3.72. The van der Waals surface area contributed by atoms with Gasteiger partial charge in [0.25, 0.3) is 0 Å². The van der Waals surface area contributed by atoms with Crippen molar-refractivity contribution in [2.45, 2.75) is 77.2 Å². The van der Waals surface area contributed by atoms with Crippen LogP contribution in [0.25, 0.3) is 0 Å². The number of nitrogens with one attached hydrogen (secondary N) is 1. The van der Waals surface area contributed by atoms with Crippen LogP contribution in [-0.4, -0.2) is 12.6 Å². The fourth-order valence-electron chi connectivity index (χ4n) is 3.50. The largest absolute Gasteiger partial charge is 0.314 e. The zero-order chi connectivity index (χ0) is 11.2. The Hall–Kier alpha value is -0.0400. The summed E-state index contributed by atoms with van der Waals surface area (Å²) in [5.41, 5.74) is 0. The lowest BCUT2D eigenvalue weighted by atomic mass is 9.76. The van der Waals surface area contributed by atoms with Gasteiger partial charge >= 0.3 is 0 Å². The Morgan fingerprint density at radius 2 is 1.75 bits per heavy atom. The van der Waals surface area contributed by atoms with Crippen molar-refractivity contribution in [1.29, 1.82) is 0 Å². The summed E-state index contributed by atoms with van der Waals surface area (Å²) in [5, 5.41) is 3.72. The van der Waals surface area contributed by atoms with Crippen LogP contribution in [0.3, 0.4) is 0 Å². The predicted octanol–water partition coefficient (Wildman–Crippen LogP) is 4.13. The summed E-state index contributed by atoms with van der Waals surface area (Å²) in [6.45, 7) is 3.41. The van der Waals surface area contributed by atoms with Crippen molar-refractivity contribution in [1.82, 2.24) is 5.32 Å². The van der Waals surface area contributed by atoms with E-state index in [0.717, 1.165) is 24.4 Å². The van der Waals surface area contributed by atoms with E-state index in [-0.39, 0.29) is 0 Å². The highest BCUT2D eigenvalue weighted by Crippen LogP contribution is 2.34. The van der Waals surface area contributed by atoms with Crippen LogP contribution in [0.4, 0.5) is 0 Å². The van der Waals surface area contributed by atoms with Gasteiger partial charge in [-0.25, -0.2) is 0 Å². The molecule has 2 aliphatic carbocycles. The highest BCUT2D eigenvalue weighted by Gasteiger charge is 2.27. The number of hydrogen-bond acceptors (Lipinski definition) is 1. The first-order valence-electron chi connectivity index (χ1n) is 7.63. The predicted molar refractivity (Wildman–Crippen MR) is 70.6 cm³/mol. The topological polar surface area (TPSA) is 12.0 Å². The van der Waals surface area contributed by atoms with E-state index in [1.807, 2.05) is 0 Å². The fraction of sp³-hybridized carbons (Fsp3) is 1.00. The Bertz CT molecular complexity index is 180. The molecule has 0 saturated heterocycles. The lowest BCUT2D eigenvalue weighted by molar-refractivity contribution is 0.204. The Morgan fingerprint density at radius 1 is 1.00 bits per heavy atom. The van der Waals surface area contributed by atoms with Crippen LogP contribution in [0, 0.1) is 11.8 Å². The van der Waals surface area contributed by atoms with Gasteiger partial charge in [0.05, 0.1) is 0 Å². The van der Waals surface area contributed by atoms with Crippen molar-refractivity contribution in [2.24, 2.45) is 11.8 Å². The second kappa shape index (κ2) is 6.64. The average Bonchev–Trinajstić information content (AvgIpc) is 2.25. The van der Waals surface area contributed by atoms with Crippen LogP contribution < -0.4 is 5.32 Å². The van der Waals surface area contributed by atoms with E-state index in [4.69, 9.17) is 0 Å². The molecule has 0 spiro atoms. The highest BCUT2D eigenvalue weighted by molar-refractivity contribution is 4.83. The Balaban J connectivity index is 1.67. The number of hydrogen-bond donors (Lipinski definition) is 1. The van der Waals surface area contributed by atoms with Crippen molar-refractivity contribution >= 4 is 0 Å². The molecule has 0 amide bonds. The summed E-state index contributed by atoms with van der Waals surface area (Å²) >= 11 is 0. The molecule has 1 heteroatoms. The molecule has 1 nitrogen and oxygen atoms in total. The van der Waals surface area contributed by atoms with Gasteiger partial charge in [-0.1, -0.05) is 45.4 Å². The first-order chi connectivity index (χ1) is 7.90. The molecule has 2 saturated carbocycles. The van der Waals surface area contributed by atoms with Gasteiger partial charge in [-0.15, -0.1) is 0 Å². The normalized spacial score (nSPS) is 25.3. The summed E-state index contributed by atoms with van der Waals surface area (Å²) in [5.74, 6) is 2.08. The second-order valence-corrected chi connectivity index (χ2v) is 5.94. The van der Waals surface area contributed by atoms with Crippen molar-refractivity contribution in [3.8, 4) is 0 Å². The molecule has 0 bridgehead atoms. The first-order valence-corrected chi connectivity index (χ1v) is 7.63. The van der Waals surface area contributed by atoms with Gasteiger partial charge < -0.3 is 5.32 Å². The van der Waals surface area contributed by atoms with E-state index in [2.05, 4.69) is 12.2 Å². The van der Waals surface area contributed by atoms with Gasteiger partial charge in [-0.2, -0.15) is 0 Å². The Morgan fingerprint density at radius 3 is 2.31 bits per heavy atom. The molecule has 0 radical (unpaired) electrons. The first kappa shape index (κ1) is 12.4. The van der Waals surface area contributed by atoms with E-state index in [1.54, 1.807) is 0 Å². The highest BCUT2D eigenvalue weighted by atomic mass is 14.9. The molecule has 16 heavy (non-hydrogen) atoms. The maximum atomic E-state index is 3.72. The van der Waals surface area contributed by atoms with Crippen LogP contribution in [0.2, 0.25) is 0 Å². The third kappa shape index (κ3) is 3.48. The van der Waals surface area contributed by atoms with Crippen LogP contribution >= 0.6 is 0 Å². The summed E-state index contributed by atoms with van der Waals surface area (Å²) in [4.78, 5) is 0. The summed E-state index contributed by atoms with van der Waals surface area (Å²) in [6.07, 6.45) is 14.9. The van der Waals surface area contributed by atoms with E-state index in [0.29, 0.717) is 0 Å². The number of rotatable bonds is 6. The average molecular weight is 223 g/mol. The lowest BCUT2D eigenvalue weighted by Crippen LogP contribution is -2.39. The molecule has 0 heterocycles. The van der Waals surface area contributed by atoms with Crippen LogP contribution in [0.15, 0.2) is 0 Å². The minimum absolute atomic E-state index is 0.848. The maximum Gasteiger partial charge on any atom is 0.00953 e. The molecule has 94 valence electrons. The fourth-order valence-corrected chi connectivity index (χ4v) is 3.50. The molecular formula is C15H29N. The smallest absolute Gasteiger partial charge is 0.00953 e. The monoisotopic (exact) mass is 223 g/mol. The summed E-state index contributed by atoms with van der Waals surface area (Å²) in [7, 11) is 0. The van der Waals surface area contributed by atoms with Crippen molar-refractivity contribution in [3.05, 3.63) is 0 Å². The molecule has 2 fully saturated rings. The zero-order valence-electron chi connectivity index (χ0n) is 11.0. The minimum atomic E-state index is 0.848. The van der Waals surface area contributed by atoms with Crippen LogP contribution in [0.1, 0.15) is 71.1 Å². The van der Waals surface area contributed by atoms with E-state index in [9.17, 15) is 0 Å².